The van der Waals surface area contributed by atoms with E-state index in [-0.39, 0.29) is 16.5 Å². The van der Waals surface area contributed by atoms with Crippen LogP contribution in [0.5, 0.6) is 0 Å². The fraction of sp³-hybridized carbons (Fsp3) is 0.125. The monoisotopic (exact) mass is 219 g/mol. The number of nitrogens with one attached hydrogen (secondary N) is 1. The lowest BCUT2D eigenvalue weighted by Gasteiger charge is -2.04. The molecule has 0 aromatic heterocycles. The number of hydrogen-bond acceptors (Lipinski definition) is 2. The van der Waals surface area contributed by atoms with Crippen LogP contribution in [0.3, 0.4) is 0 Å². The number of carbonyl (C=O) groups excluding carboxylic acids is 1. The van der Waals surface area contributed by atoms with E-state index in [0.717, 1.165) is 0 Å². The van der Waals surface area contributed by atoms with Gasteiger partial charge in [-0.1, -0.05) is 17.7 Å². The second kappa shape index (κ2) is 4.48. The van der Waals surface area contributed by atoms with Crippen LogP contribution in [0.15, 0.2) is 18.2 Å². The molecule has 13 heavy (non-hydrogen) atoms. The van der Waals surface area contributed by atoms with Gasteiger partial charge in [-0.25, -0.2) is 4.39 Å². The normalized spacial score (nSPS) is 9.77. The highest BCUT2D eigenvalue weighted by molar-refractivity contribution is 7.80. The van der Waals surface area contributed by atoms with Crippen LogP contribution >= 0.6 is 24.2 Å². The van der Waals surface area contributed by atoms with E-state index in [1.807, 2.05) is 0 Å². The fourth-order valence-electron chi connectivity index (χ4n) is 0.875. The van der Waals surface area contributed by atoms with Gasteiger partial charge < -0.3 is 5.32 Å². The molecule has 1 aromatic rings. The molecule has 0 bridgehead atoms. The van der Waals surface area contributed by atoms with Crippen molar-refractivity contribution >= 4 is 30.1 Å². The van der Waals surface area contributed by atoms with Gasteiger partial charge in [-0.05, 0) is 12.1 Å². The Balaban J connectivity index is 3.05. The summed E-state index contributed by atoms with van der Waals surface area (Å²) in [5.41, 5.74) is -0.141. The highest BCUT2D eigenvalue weighted by atomic mass is 35.5. The lowest BCUT2D eigenvalue weighted by molar-refractivity contribution is 0.0957. The third-order valence-corrected chi connectivity index (χ3v) is 1.90. The Kier molecular flexibility index (Phi) is 3.57. The molecule has 0 unspecified atom stereocenters. The van der Waals surface area contributed by atoms with Gasteiger partial charge in [-0.3, -0.25) is 4.79 Å². The molecule has 1 aromatic carbocycles. The van der Waals surface area contributed by atoms with Gasteiger partial charge in [0.25, 0.3) is 5.91 Å². The summed E-state index contributed by atoms with van der Waals surface area (Å²) in [6, 6.07) is 4.08. The molecule has 0 spiro atoms. The van der Waals surface area contributed by atoms with Crippen molar-refractivity contribution in [2.24, 2.45) is 0 Å². The van der Waals surface area contributed by atoms with Crippen LogP contribution < -0.4 is 5.32 Å². The first-order chi connectivity index (χ1) is 6.16. The average molecular weight is 220 g/mol. The number of halogens is 2. The number of amides is 1. The van der Waals surface area contributed by atoms with Crippen molar-refractivity contribution in [3.8, 4) is 0 Å². The molecule has 0 saturated carbocycles. The number of rotatable bonds is 2. The second-order valence-corrected chi connectivity index (χ2v) is 2.98. The van der Waals surface area contributed by atoms with Crippen molar-refractivity contribution in [3.63, 3.8) is 0 Å². The Morgan fingerprint density at radius 3 is 2.85 bits per heavy atom. The summed E-state index contributed by atoms with van der Waals surface area (Å²) < 4.78 is 13.1. The highest BCUT2D eigenvalue weighted by Crippen LogP contribution is 2.18. The van der Waals surface area contributed by atoms with Crippen LogP contribution in [0.1, 0.15) is 10.4 Å². The molecule has 0 radical (unpaired) electrons. The molecule has 0 aliphatic rings. The molecule has 5 heteroatoms. The van der Waals surface area contributed by atoms with Crippen molar-refractivity contribution in [1.82, 2.24) is 5.32 Å². The quantitative estimate of drug-likeness (QED) is 0.579. The van der Waals surface area contributed by atoms with Gasteiger partial charge in [-0.15, -0.1) is 0 Å². The Morgan fingerprint density at radius 2 is 2.31 bits per heavy atom. The Hall–Kier alpha value is -0.740. The predicted molar refractivity (Wildman–Crippen MR) is 52.7 cm³/mol. The maximum Gasteiger partial charge on any atom is 0.256 e. The van der Waals surface area contributed by atoms with Crippen LogP contribution in [0.25, 0.3) is 0 Å². The molecule has 1 rings (SSSR count). The third kappa shape index (κ3) is 2.35. The van der Waals surface area contributed by atoms with Crippen molar-refractivity contribution < 1.29 is 9.18 Å². The first-order valence-electron chi connectivity index (χ1n) is 3.50. The molecule has 1 N–H and O–H groups in total. The van der Waals surface area contributed by atoms with Gasteiger partial charge in [0.2, 0.25) is 0 Å². The van der Waals surface area contributed by atoms with E-state index in [9.17, 15) is 9.18 Å². The molecule has 0 heterocycles. The fourth-order valence-corrected chi connectivity index (χ4v) is 1.27. The molecule has 2 nitrogen and oxygen atoms in total. The summed E-state index contributed by atoms with van der Waals surface area (Å²) >= 11 is 9.42. The highest BCUT2D eigenvalue weighted by Gasteiger charge is 2.14. The summed E-state index contributed by atoms with van der Waals surface area (Å²) in [4.78, 5) is 11.2. The van der Waals surface area contributed by atoms with E-state index in [1.54, 1.807) is 0 Å². The van der Waals surface area contributed by atoms with Crippen LogP contribution in [-0.4, -0.2) is 11.8 Å². The number of benzene rings is 1. The second-order valence-electron chi connectivity index (χ2n) is 2.26. The van der Waals surface area contributed by atoms with Crippen molar-refractivity contribution in [1.29, 1.82) is 0 Å². The van der Waals surface area contributed by atoms with E-state index >= 15 is 0 Å². The van der Waals surface area contributed by atoms with Gasteiger partial charge in [0.05, 0.1) is 16.5 Å². The average Bonchev–Trinajstić information content (AvgIpc) is 2.04. The summed E-state index contributed by atoms with van der Waals surface area (Å²) in [6.07, 6.45) is 0. The van der Waals surface area contributed by atoms with Crippen LogP contribution in [0.4, 0.5) is 4.39 Å². The van der Waals surface area contributed by atoms with Crippen LogP contribution in [-0.2, 0) is 0 Å². The van der Waals surface area contributed by atoms with E-state index in [4.69, 9.17) is 11.6 Å². The van der Waals surface area contributed by atoms with E-state index in [0.29, 0.717) is 0 Å². The summed E-state index contributed by atoms with van der Waals surface area (Å²) in [5, 5.41) is 2.44. The number of hydrogen-bond donors (Lipinski definition) is 2. The molecule has 0 aliphatic heterocycles. The molecular formula is C8H7ClFNOS. The molecule has 1 amide bonds. The zero-order chi connectivity index (χ0) is 9.84. The zero-order valence-electron chi connectivity index (χ0n) is 6.55. The first-order valence-corrected chi connectivity index (χ1v) is 4.51. The zero-order valence-corrected chi connectivity index (χ0v) is 8.20. The number of thiol groups is 1. The maximum atomic E-state index is 13.1. The minimum absolute atomic E-state index is 0.0966. The summed E-state index contributed by atoms with van der Waals surface area (Å²) in [7, 11) is 0. The van der Waals surface area contributed by atoms with Crippen molar-refractivity contribution in [2.45, 2.75) is 0 Å². The summed E-state index contributed by atoms with van der Waals surface area (Å²) in [6.45, 7) is 0. The van der Waals surface area contributed by atoms with E-state index in [1.165, 1.54) is 18.2 Å². The lowest BCUT2D eigenvalue weighted by Crippen LogP contribution is -2.23. The van der Waals surface area contributed by atoms with Crippen LogP contribution in [0.2, 0.25) is 5.02 Å². The SMILES string of the molecule is O=C(NCS)c1c(F)cccc1Cl. The van der Waals surface area contributed by atoms with E-state index < -0.39 is 11.7 Å². The molecule has 70 valence electrons. The largest absolute Gasteiger partial charge is 0.343 e. The van der Waals surface area contributed by atoms with Crippen LogP contribution in [0, 0.1) is 5.82 Å². The minimum Gasteiger partial charge on any atom is -0.343 e. The van der Waals surface area contributed by atoms with Gasteiger partial charge in [0.15, 0.2) is 0 Å². The Labute approximate surface area is 85.5 Å². The third-order valence-electron chi connectivity index (χ3n) is 1.43. The maximum absolute atomic E-state index is 13.1. The minimum atomic E-state index is -0.633. The Morgan fingerprint density at radius 1 is 1.62 bits per heavy atom. The predicted octanol–water partition coefficient (Wildman–Crippen LogP) is 2.10. The number of carbonyl (C=O) groups is 1. The molecule has 0 fully saturated rings. The molecule has 0 atom stereocenters. The van der Waals surface area contributed by atoms with Gasteiger partial charge in [0.1, 0.15) is 5.82 Å². The molecular weight excluding hydrogens is 213 g/mol. The molecule has 0 saturated heterocycles. The lowest BCUT2D eigenvalue weighted by atomic mass is 10.2. The Bertz CT molecular complexity index is 312. The molecule has 0 aliphatic carbocycles. The summed E-state index contributed by atoms with van der Waals surface area (Å²) in [5.74, 6) is -1.05. The van der Waals surface area contributed by atoms with Gasteiger partial charge in [-0.2, -0.15) is 12.6 Å². The van der Waals surface area contributed by atoms with Gasteiger partial charge >= 0.3 is 0 Å². The smallest absolute Gasteiger partial charge is 0.256 e. The van der Waals surface area contributed by atoms with Crippen molar-refractivity contribution in [3.05, 3.63) is 34.6 Å². The van der Waals surface area contributed by atoms with Crippen molar-refractivity contribution in [2.75, 3.05) is 5.88 Å². The van der Waals surface area contributed by atoms with Gasteiger partial charge in [0, 0.05) is 0 Å². The van der Waals surface area contributed by atoms with E-state index in [2.05, 4.69) is 17.9 Å². The first kappa shape index (κ1) is 10.3. The standard InChI is InChI=1S/C8H7ClFNOS/c9-5-2-1-3-6(10)7(5)8(12)11-4-13/h1-3,13H,4H2,(H,11,12). The topological polar surface area (TPSA) is 29.1 Å².